The average molecular weight is 510 g/mol. The van der Waals surface area contributed by atoms with Crippen molar-refractivity contribution in [3.8, 4) is 0 Å². The fraction of sp³-hybridized carbons (Fsp3) is 0.455. The fourth-order valence-corrected chi connectivity index (χ4v) is 3.46. The maximum atomic E-state index is 12.1. The Morgan fingerprint density at radius 3 is 2.62 bits per heavy atom. The van der Waals surface area contributed by atoms with Crippen molar-refractivity contribution in [2.75, 3.05) is 18.4 Å². The van der Waals surface area contributed by atoms with Gasteiger partial charge in [0.05, 0.1) is 12.8 Å². The van der Waals surface area contributed by atoms with Crippen LogP contribution in [0, 0.1) is 5.41 Å². The number of carbonyl (C=O) groups excluding carboxylic acids is 1. The second kappa shape index (κ2) is 11.2. The Balaban J connectivity index is 0.00000300. The van der Waals surface area contributed by atoms with Gasteiger partial charge in [-0.15, -0.1) is 24.0 Å². The summed E-state index contributed by atoms with van der Waals surface area (Å²) in [6, 6.07) is 11.1. The number of guanidine groups is 1. The molecule has 1 aliphatic carbocycles. The van der Waals surface area contributed by atoms with Crippen LogP contribution in [0.15, 0.2) is 52.1 Å². The van der Waals surface area contributed by atoms with Crippen LogP contribution in [0.5, 0.6) is 0 Å². The first-order valence-corrected chi connectivity index (χ1v) is 10.1. The molecular formula is C22H31IN4O2. The Morgan fingerprint density at radius 2 is 2.00 bits per heavy atom. The fourth-order valence-electron chi connectivity index (χ4n) is 3.46. The number of hydrogen-bond donors (Lipinski definition) is 3. The van der Waals surface area contributed by atoms with Crippen LogP contribution >= 0.6 is 24.0 Å². The van der Waals surface area contributed by atoms with Crippen molar-refractivity contribution < 1.29 is 9.21 Å². The molecule has 1 saturated carbocycles. The zero-order valence-corrected chi connectivity index (χ0v) is 19.5. The molecule has 1 heterocycles. The number of rotatable bonds is 8. The quantitative estimate of drug-likeness (QED) is 0.271. The molecule has 1 aromatic heterocycles. The molecule has 0 aliphatic heterocycles. The molecule has 0 radical (unpaired) electrons. The number of anilines is 1. The molecule has 2 aromatic rings. The monoisotopic (exact) mass is 510 g/mol. The molecular weight excluding hydrogens is 479 g/mol. The minimum Gasteiger partial charge on any atom is -0.459 e. The largest absolute Gasteiger partial charge is 0.459 e. The SMILES string of the molecule is CCNC(=NCc1cccc(NC(=O)c2ccco2)c1)NCC1(CC)CCC1.I. The van der Waals surface area contributed by atoms with Crippen molar-refractivity contribution in [1.82, 2.24) is 10.6 Å². The van der Waals surface area contributed by atoms with E-state index in [2.05, 4.69) is 29.8 Å². The molecule has 0 saturated heterocycles. The van der Waals surface area contributed by atoms with Crippen molar-refractivity contribution in [3.05, 3.63) is 54.0 Å². The van der Waals surface area contributed by atoms with Crippen molar-refractivity contribution in [1.29, 1.82) is 0 Å². The normalized spacial score (nSPS) is 15.0. The lowest BCUT2D eigenvalue weighted by atomic mass is 9.67. The van der Waals surface area contributed by atoms with E-state index in [1.807, 2.05) is 24.3 Å². The number of furan rings is 1. The number of carbonyl (C=O) groups is 1. The van der Waals surface area contributed by atoms with Crippen LogP contribution in [0.1, 0.15) is 55.6 Å². The van der Waals surface area contributed by atoms with Crippen molar-refractivity contribution in [3.63, 3.8) is 0 Å². The van der Waals surface area contributed by atoms with Crippen LogP contribution in [0.25, 0.3) is 0 Å². The van der Waals surface area contributed by atoms with E-state index >= 15 is 0 Å². The van der Waals surface area contributed by atoms with Gasteiger partial charge in [-0.2, -0.15) is 0 Å². The van der Waals surface area contributed by atoms with Crippen LogP contribution in [-0.2, 0) is 6.54 Å². The van der Waals surface area contributed by atoms with Gasteiger partial charge in [0, 0.05) is 18.8 Å². The van der Waals surface area contributed by atoms with Crippen LogP contribution < -0.4 is 16.0 Å². The first-order valence-electron chi connectivity index (χ1n) is 10.1. The van der Waals surface area contributed by atoms with E-state index in [9.17, 15) is 4.79 Å². The third-order valence-electron chi connectivity index (χ3n) is 5.49. The zero-order chi connectivity index (χ0) is 19.8. The van der Waals surface area contributed by atoms with E-state index in [-0.39, 0.29) is 29.9 Å². The van der Waals surface area contributed by atoms with Gasteiger partial charge in [-0.3, -0.25) is 4.79 Å². The average Bonchev–Trinajstić information content (AvgIpc) is 3.21. The highest BCUT2D eigenvalue weighted by Crippen LogP contribution is 2.42. The van der Waals surface area contributed by atoms with Crippen LogP contribution in [-0.4, -0.2) is 25.0 Å². The third-order valence-corrected chi connectivity index (χ3v) is 5.49. The summed E-state index contributed by atoms with van der Waals surface area (Å²) in [5.41, 5.74) is 2.20. The van der Waals surface area contributed by atoms with Gasteiger partial charge in [0.1, 0.15) is 0 Å². The molecule has 3 N–H and O–H groups in total. The van der Waals surface area contributed by atoms with E-state index < -0.39 is 0 Å². The Kier molecular flexibility index (Phi) is 9.00. The molecule has 0 spiro atoms. The summed E-state index contributed by atoms with van der Waals surface area (Å²) >= 11 is 0. The van der Waals surface area contributed by atoms with Crippen LogP contribution in [0.2, 0.25) is 0 Å². The molecule has 0 bridgehead atoms. The lowest BCUT2D eigenvalue weighted by Crippen LogP contribution is -2.46. The summed E-state index contributed by atoms with van der Waals surface area (Å²) in [6.07, 6.45) is 6.62. The molecule has 29 heavy (non-hydrogen) atoms. The molecule has 158 valence electrons. The minimum atomic E-state index is -0.258. The smallest absolute Gasteiger partial charge is 0.291 e. The first-order chi connectivity index (χ1) is 13.6. The van der Waals surface area contributed by atoms with Crippen LogP contribution in [0.3, 0.4) is 0 Å². The lowest BCUT2D eigenvalue weighted by Gasteiger charge is -2.41. The Hall–Kier alpha value is -2.03. The van der Waals surface area contributed by atoms with Gasteiger partial charge < -0.3 is 20.4 Å². The Morgan fingerprint density at radius 1 is 1.17 bits per heavy atom. The number of aliphatic imine (C=N–C) groups is 1. The highest BCUT2D eigenvalue weighted by atomic mass is 127. The maximum absolute atomic E-state index is 12.1. The van der Waals surface area contributed by atoms with E-state index in [0.717, 1.165) is 30.3 Å². The lowest BCUT2D eigenvalue weighted by molar-refractivity contribution is 0.0996. The third kappa shape index (κ3) is 6.48. The van der Waals surface area contributed by atoms with Crippen molar-refractivity contribution >= 4 is 41.5 Å². The summed E-state index contributed by atoms with van der Waals surface area (Å²) in [4.78, 5) is 16.8. The molecule has 1 fully saturated rings. The van der Waals surface area contributed by atoms with Gasteiger partial charge in [0.15, 0.2) is 11.7 Å². The second-order valence-electron chi connectivity index (χ2n) is 7.39. The molecule has 1 aliphatic rings. The molecule has 1 aromatic carbocycles. The second-order valence-corrected chi connectivity index (χ2v) is 7.39. The van der Waals surface area contributed by atoms with Crippen molar-refractivity contribution in [2.24, 2.45) is 10.4 Å². The van der Waals surface area contributed by atoms with Gasteiger partial charge >= 0.3 is 0 Å². The molecule has 0 atom stereocenters. The van der Waals surface area contributed by atoms with Gasteiger partial charge in [0.2, 0.25) is 0 Å². The Bertz CT molecular complexity index is 795. The molecule has 1 amide bonds. The van der Waals surface area contributed by atoms with Crippen LogP contribution in [0.4, 0.5) is 5.69 Å². The number of halogens is 1. The van der Waals surface area contributed by atoms with E-state index in [1.165, 1.54) is 31.9 Å². The number of amides is 1. The maximum Gasteiger partial charge on any atom is 0.291 e. The zero-order valence-electron chi connectivity index (χ0n) is 17.2. The van der Waals surface area contributed by atoms with Gasteiger partial charge in [-0.25, -0.2) is 4.99 Å². The van der Waals surface area contributed by atoms with E-state index in [4.69, 9.17) is 9.41 Å². The highest BCUT2D eigenvalue weighted by molar-refractivity contribution is 14.0. The number of nitrogens with one attached hydrogen (secondary N) is 3. The summed E-state index contributed by atoms with van der Waals surface area (Å²) < 4.78 is 5.13. The number of benzene rings is 1. The predicted octanol–water partition coefficient (Wildman–Crippen LogP) is 4.79. The number of hydrogen-bond acceptors (Lipinski definition) is 3. The topological polar surface area (TPSA) is 78.7 Å². The molecule has 3 rings (SSSR count). The van der Waals surface area contributed by atoms with E-state index in [0.29, 0.717) is 17.7 Å². The van der Waals surface area contributed by atoms with E-state index in [1.54, 1.807) is 12.1 Å². The molecule has 6 nitrogen and oxygen atoms in total. The Labute approximate surface area is 190 Å². The summed E-state index contributed by atoms with van der Waals surface area (Å²) in [6.45, 7) is 6.67. The standard InChI is InChI=1S/C22H30N4O2.HI/c1-3-22(11-7-12-22)16-25-21(23-4-2)24-15-17-8-5-9-18(14-17)26-20(27)19-10-6-13-28-19;/h5-6,8-10,13-14H,3-4,7,11-12,15-16H2,1-2H3,(H,26,27)(H2,23,24,25);1H. The van der Waals surface area contributed by atoms with Gasteiger partial charge in [-0.1, -0.05) is 25.5 Å². The summed E-state index contributed by atoms with van der Waals surface area (Å²) in [5.74, 6) is 0.876. The molecule has 0 unspecified atom stereocenters. The summed E-state index contributed by atoms with van der Waals surface area (Å²) in [7, 11) is 0. The molecule has 7 heteroatoms. The summed E-state index contributed by atoms with van der Waals surface area (Å²) in [5, 5.41) is 9.68. The first kappa shape index (κ1) is 23.3. The predicted molar refractivity (Wildman–Crippen MR) is 128 cm³/mol. The van der Waals surface area contributed by atoms with Gasteiger partial charge in [-0.05, 0) is 61.4 Å². The minimum absolute atomic E-state index is 0. The highest BCUT2D eigenvalue weighted by Gasteiger charge is 2.34. The number of nitrogens with zero attached hydrogens (tertiary/aromatic N) is 1. The van der Waals surface area contributed by atoms with Gasteiger partial charge in [0.25, 0.3) is 5.91 Å². The van der Waals surface area contributed by atoms with Crippen molar-refractivity contribution in [2.45, 2.75) is 46.1 Å².